The summed E-state index contributed by atoms with van der Waals surface area (Å²) in [7, 11) is 0. The minimum absolute atomic E-state index is 0.174. The Morgan fingerprint density at radius 2 is 2.04 bits per heavy atom. The van der Waals surface area contributed by atoms with Crippen LogP contribution in [0.4, 0.5) is 4.39 Å². The van der Waals surface area contributed by atoms with Crippen molar-refractivity contribution >= 4 is 23.4 Å². The maximum Gasteiger partial charge on any atom is 0.123 e. The van der Waals surface area contributed by atoms with E-state index in [1.807, 2.05) is 12.1 Å². The SMILES string of the molecule is C[C@H]1COC(Sc2cc(Cl)cc(OCc3ccc(F)cc3)c2)C1. The van der Waals surface area contributed by atoms with E-state index in [1.165, 1.54) is 12.1 Å². The van der Waals surface area contributed by atoms with E-state index in [-0.39, 0.29) is 11.3 Å². The number of thioether (sulfide) groups is 1. The summed E-state index contributed by atoms with van der Waals surface area (Å²) in [6, 6.07) is 11.9. The Hall–Kier alpha value is -1.23. The van der Waals surface area contributed by atoms with Gasteiger partial charge in [-0.1, -0.05) is 42.4 Å². The summed E-state index contributed by atoms with van der Waals surface area (Å²) in [5.41, 5.74) is 1.09. The minimum Gasteiger partial charge on any atom is -0.489 e. The molecule has 1 heterocycles. The van der Waals surface area contributed by atoms with Gasteiger partial charge in [-0.15, -0.1) is 0 Å². The summed E-state index contributed by atoms with van der Waals surface area (Å²) in [5, 5.41) is 0.634. The molecule has 0 aliphatic carbocycles. The Bertz CT molecular complexity index is 663. The van der Waals surface area contributed by atoms with Gasteiger partial charge in [0.15, 0.2) is 0 Å². The van der Waals surface area contributed by atoms with Crippen molar-refractivity contribution in [3.8, 4) is 5.75 Å². The molecule has 1 saturated heterocycles. The van der Waals surface area contributed by atoms with Gasteiger partial charge in [0, 0.05) is 9.92 Å². The lowest BCUT2D eigenvalue weighted by molar-refractivity contribution is 0.166. The van der Waals surface area contributed by atoms with Crippen LogP contribution in [0.25, 0.3) is 0 Å². The van der Waals surface area contributed by atoms with Crippen molar-refractivity contribution < 1.29 is 13.9 Å². The van der Waals surface area contributed by atoms with Crippen molar-refractivity contribution in [2.24, 2.45) is 5.92 Å². The second-order valence-electron chi connectivity index (χ2n) is 5.76. The summed E-state index contributed by atoms with van der Waals surface area (Å²) in [4.78, 5) is 1.03. The fraction of sp³-hybridized carbons (Fsp3) is 0.333. The van der Waals surface area contributed by atoms with Crippen molar-refractivity contribution in [1.29, 1.82) is 0 Å². The standard InChI is InChI=1S/C18H18ClFO2S/c1-12-6-18(22-10-12)23-17-8-14(19)7-16(9-17)21-11-13-2-4-15(20)5-3-13/h2-5,7-9,12,18H,6,10-11H2,1H3/t12-,18?/m1/s1. The Balaban J connectivity index is 1.64. The highest BCUT2D eigenvalue weighted by molar-refractivity contribution is 7.99. The molecule has 2 aromatic rings. The van der Waals surface area contributed by atoms with E-state index >= 15 is 0 Å². The molecule has 0 spiro atoms. The van der Waals surface area contributed by atoms with Crippen LogP contribution in [0, 0.1) is 11.7 Å². The molecule has 23 heavy (non-hydrogen) atoms. The van der Waals surface area contributed by atoms with E-state index < -0.39 is 0 Å². The Kier molecular flexibility index (Phi) is 5.46. The van der Waals surface area contributed by atoms with Crippen LogP contribution in [0.2, 0.25) is 5.02 Å². The quantitative estimate of drug-likeness (QED) is 0.704. The molecule has 2 nitrogen and oxygen atoms in total. The molecule has 2 atom stereocenters. The van der Waals surface area contributed by atoms with E-state index in [1.54, 1.807) is 30.0 Å². The summed E-state index contributed by atoms with van der Waals surface area (Å²) < 4.78 is 24.4. The number of benzene rings is 2. The van der Waals surface area contributed by atoms with Crippen molar-refractivity contribution in [3.63, 3.8) is 0 Å². The zero-order valence-electron chi connectivity index (χ0n) is 12.8. The van der Waals surface area contributed by atoms with Gasteiger partial charge in [0.2, 0.25) is 0 Å². The summed E-state index contributed by atoms with van der Waals surface area (Å²) in [6.07, 6.45) is 1.04. The molecule has 0 saturated carbocycles. The van der Waals surface area contributed by atoms with E-state index in [9.17, 15) is 4.39 Å². The molecule has 0 N–H and O–H groups in total. The minimum atomic E-state index is -0.249. The molecular weight excluding hydrogens is 335 g/mol. The molecule has 0 aromatic heterocycles. The predicted octanol–water partition coefficient (Wildman–Crippen LogP) is 5.53. The molecular formula is C18H18ClFO2S. The van der Waals surface area contributed by atoms with Crippen LogP contribution >= 0.6 is 23.4 Å². The van der Waals surface area contributed by atoms with Gasteiger partial charge in [0.05, 0.1) is 6.61 Å². The predicted molar refractivity (Wildman–Crippen MR) is 91.6 cm³/mol. The highest BCUT2D eigenvalue weighted by atomic mass is 35.5. The number of rotatable bonds is 5. The third kappa shape index (κ3) is 4.87. The first-order valence-electron chi connectivity index (χ1n) is 7.54. The van der Waals surface area contributed by atoms with Gasteiger partial charge in [-0.25, -0.2) is 4.39 Å². The second kappa shape index (κ2) is 7.56. The third-order valence-corrected chi connectivity index (χ3v) is 4.91. The van der Waals surface area contributed by atoms with Gasteiger partial charge >= 0.3 is 0 Å². The largest absolute Gasteiger partial charge is 0.489 e. The van der Waals surface area contributed by atoms with Gasteiger partial charge < -0.3 is 9.47 Å². The number of halogens is 2. The lowest BCUT2D eigenvalue weighted by atomic mass is 10.2. The van der Waals surface area contributed by atoms with Crippen LogP contribution in [-0.2, 0) is 11.3 Å². The molecule has 0 amide bonds. The highest BCUT2D eigenvalue weighted by Gasteiger charge is 2.23. The van der Waals surface area contributed by atoms with Gasteiger partial charge in [-0.2, -0.15) is 0 Å². The van der Waals surface area contributed by atoms with Gasteiger partial charge in [0.1, 0.15) is 23.6 Å². The third-order valence-electron chi connectivity index (χ3n) is 3.59. The first-order valence-corrected chi connectivity index (χ1v) is 8.80. The first kappa shape index (κ1) is 16.6. The zero-order chi connectivity index (χ0) is 16.2. The lowest BCUT2D eigenvalue weighted by Crippen LogP contribution is -1.99. The maximum absolute atomic E-state index is 12.9. The lowest BCUT2D eigenvalue weighted by Gasteiger charge is -2.12. The van der Waals surface area contributed by atoms with Gasteiger partial charge in [-0.3, -0.25) is 0 Å². The van der Waals surface area contributed by atoms with Crippen molar-refractivity contribution in [2.45, 2.75) is 30.3 Å². The van der Waals surface area contributed by atoms with Crippen LogP contribution in [0.1, 0.15) is 18.9 Å². The van der Waals surface area contributed by atoms with Crippen LogP contribution < -0.4 is 4.74 Å². The molecule has 0 radical (unpaired) electrons. The topological polar surface area (TPSA) is 18.5 Å². The van der Waals surface area contributed by atoms with E-state index in [2.05, 4.69) is 6.92 Å². The highest BCUT2D eigenvalue weighted by Crippen LogP contribution is 2.36. The molecule has 122 valence electrons. The molecule has 1 fully saturated rings. The van der Waals surface area contributed by atoms with E-state index in [0.29, 0.717) is 23.3 Å². The van der Waals surface area contributed by atoms with Crippen LogP contribution in [-0.4, -0.2) is 12.0 Å². The maximum atomic E-state index is 12.9. The van der Waals surface area contributed by atoms with E-state index in [4.69, 9.17) is 21.1 Å². The van der Waals surface area contributed by atoms with Gasteiger partial charge in [-0.05, 0) is 48.2 Å². The average molecular weight is 353 g/mol. The summed E-state index contributed by atoms with van der Waals surface area (Å²) >= 11 is 7.85. The fourth-order valence-corrected chi connectivity index (χ4v) is 3.95. The fourth-order valence-electron chi connectivity index (χ4n) is 2.41. The van der Waals surface area contributed by atoms with E-state index in [0.717, 1.165) is 23.5 Å². The Morgan fingerprint density at radius 3 is 2.74 bits per heavy atom. The molecule has 0 bridgehead atoms. The molecule has 5 heteroatoms. The molecule has 1 aliphatic rings. The van der Waals surface area contributed by atoms with Crippen LogP contribution in [0.3, 0.4) is 0 Å². The number of ether oxygens (including phenoxy) is 2. The average Bonchev–Trinajstić information content (AvgIpc) is 2.91. The van der Waals surface area contributed by atoms with Gasteiger partial charge in [0.25, 0.3) is 0 Å². The summed E-state index contributed by atoms with van der Waals surface area (Å²) in [6.45, 7) is 3.38. The Labute approximate surface area is 144 Å². The molecule has 1 unspecified atom stereocenters. The number of hydrogen-bond acceptors (Lipinski definition) is 3. The number of hydrogen-bond donors (Lipinski definition) is 0. The Morgan fingerprint density at radius 1 is 1.26 bits per heavy atom. The molecule has 1 aliphatic heterocycles. The van der Waals surface area contributed by atoms with Crippen molar-refractivity contribution in [3.05, 3.63) is 58.9 Å². The molecule has 2 aromatic carbocycles. The first-order chi connectivity index (χ1) is 11.1. The van der Waals surface area contributed by atoms with Crippen molar-refractivity contribution in [1.82, 2.24) is 0 Å². The smallest absolute Gasteiger partial charge is 0.123 e. The monoisotopic (exact) mass is 352 g/mol. The normalized spacial score (nSPS) is 20.7. The summed E-state index contributed by atoms with van der Waals surface area (Å²) in [5.74, 6) is 1.05. The second-order valence-corrected chi connectivity index (χ2v) is 7.43. The van der Waals surface area contributed by atoms with Crippen molar-refractivity contribution in [2.75, 3.05) is 6.61 Å². The van der Waals surface area contributed by atoms with Crippen LogP contribution in [0.5, 0.6) is 5.75 Å². The molecule has 3 rings (SSSR count). The zero-order valence-corrected chi connectivity index (χ0v) is 14.4. The van der Waals surface area contributed by atoms with Crippen LogP contribution in [0.15, 0.2) is 47.4 Å².